The van der Waals surface area contributed by atoms with Gasteiger partial charge in [0, 0.05) is 12.1 Å². The van der Waals surface area contributed by atoms with E-state index in [-0.39, 0.29) is 15.5 Å². The van der Waals surface area contributed by atoms with Gasteiger partial charge in [0.15, 0.2) is 0 Å². The van der Waals surface area contributed by atoms with Crippen LogP contribution in [0.2, 0.25) is 0 Å². The van der Waals surface area contributed by atoms with E-state index in [1.54, 1.807) is 0 Å². The quantitative estimate of drug-likeness (QED) is 0.293. The zero-order valence-electron chi connectivity index (χ0n) is 13.3. The molecule has 11 heteroatoms. The van der Waals surface area contributed by atoms with Crippen molar-refractivity contribution in [3.8, 4) is 5.75 Å². The highest BCUT2D eigenvalue weighted by Crippen LogP contribution is 2.27. The molecule has 0 aliphatic heterocycles. The molecule has 9 nitrogen and oxygen atoms in total. The topological polar surface area (TPSA) is 141 Å². The fraction of sp³-hybridized carbons (Fsp3) is 0. The number of nitrogens with zero attached hydrogens (tertiary/aromatic N) is 1. The Balaban J connectivity index is 1.96. The Labute approximate surface area is 153 Å². The van der Waals surface area contributed by atoms with Crippen molar-refractivity contribution in [1.82, 2.24) is 0 Å². The van der Waals surface area contributed by atoms with Crippen molar-refractivity contribution in [2.75, 3.05) is 0 Å². The predicted octanol–water partition coefficient (Wildman–Crippen LogP) is 2.76. The van der Waals surface area contributed by atoms with Gasteiger partial charge in [-0.2, -0.15) is 16.8 Å². The van der Waals surface area contributed by atoms with Gasteiger partial charge in [-0.3, -0.25) is 14.7 Å². The van der Waals surface area contributed by atoms with E-state index in [0.29, 0.717) is 10.8 Å². The third-order valence-corrected chi connectivity index (χ3v) is 5.70. The van der Waals surface area contributed by atoms with Crippen LogP contribution in [0.3, 0.4) is 0 Å². The van der Waals surface area contributed by atoms with Crippen molar-refractivity contribution >= 4 is 36.7 Å². The number of hydrogen-bond donors (Lipinski definition) is 1. The predicted molar refractivity (Wildman–Crippen MR) is 94.7 cm³/mol. The monoisotopic (exact) mass is 409 g/mol. The summed E-state index contributed by atoms with van der Waals surface area (Å²) >= 11 is 0. The molecular formula is C16H11NO8S2. The summed E-state index contributed by atoms with van der Waals surface area (Å²) in [5.74, 6) is -0.0615. The maximum absolute atomic E-state index is 12.3. The minimum absolute atomic E-state index is 0.0615. The molecule has 0 fully saturated rings. The van der Waals surface area contributed by atoms with Crippen LogP contribution in [0.15, 0.2) is 70.5 Å². The van der Waals surface area contributed by atoms with Crippen LogP contribution in [0.4, 0.5) is 5.69 Å². The highest BCUT2D eigenvalue weighted by molar-refractivity contribution is 7.87. The fourth-order valence-electron chi connectivity index (χ4n) is 2.34. The molecule has 0 aliphatic carbocycles. The first kappa shape index (κ1) is 18.8. The molecule has 0 bridgehead atoms. The molecule has 0 radical (unpaired) electrons. The zero-order chi connectivity index (χ0) is 19.8. The summed E-state index contributed by atoms with van der Waals surface area (Å²) in [6.45, 7) is 0. The van der Waals surface area contributed by atoms with E-state index < -0.39 is 30.8 Å². The Kier molecular flexibility index (Phi) is 4.59. The Morgan fingerprint density at radius 3 is 2.19 bits per heavy atom. The number of nitro groups is 1. The maximum atomic E-state index is 12.3. The molecule has 3 aromatic rings. The van der Waals surface area contributed by atoms with Crippen LogP contribution in [0.5, 0.6) is 5.75 Å². The molecule has 0 aliphatic rings. The van der Waals surface area contributed by atoms with Crippen LogP contribution in [0.1, 0.15) is 0 Å². The second-order valence-electron chi connectivity index (χ2n) is 5.44. The second kappa shape index (κ2) is 6.61. The van der Waals surface area contributed by atoms with Crippen molar-refractivity contribution < 1.29 is 30.5 Å². The van der Waals surface area contributed by atoms with Gasteiger partial charge in [-0.15, -0.1) is 0 Å². The number of fused-ring (bicyclic) bond motifs is 1. The molecular weight excluding hydrogens is 398 g/mol. The van der Waals surface area contributed by atoms with E-state index in [0.717, 1.165) is 18.2 Å². The SMILES string of the molecule is O=[N+]([O-])c1cccc(S(=O)(=O)Oc2ccc3cc(S(=O)(=O)O)ccc3c2)c1. The molecule has 140 valence electrons. The highest BCUT2D eigenvalue weighted by Gasteiger charge is 2.20. The summed E-state index contributed by atoms with van der Waals surface area (Å²) < 4.78 is 61.1. The van der Waals surface area contributed by atoms with Gasteiger partial charge in [0.25, 0.3) is 15.8 Å². The summed E-state index contributed by atoms with van der Waals surface area (Å²) in [5, 5.41) is 11.7. The molecule has 1 N–H and O–H groups in total. The number of non-ortho nitro benzene ring substituents is 1. The Morgan fingerprint density at radius 1 is 0.852 bits per heavy atom. The lowest BCUT2D eigenvalue weighted by molar-refractivity contribution is -0.385. The van der Waals surface area contributed by atoms with Gasteiger partial charge in [0.1, 0.15) is 10.6 Å². The maximum Gasteiger partial charge on any atom is 0.339 e. The van der Waals surface area contributed by atoms with Gasteiger partial charge < -0.3 is 4.18 Å². The Bertz CT molecular complexity index is 1270. The summed E-state index contributed by atoms with van der Waals surface area (Å²) in [4.78, 5) is 9.40. The van der Waals surface area contributed by atoms with Crippen LogP contribution < -0.4 is 4.18 Å². The molecule has 0 amide bonds. The number of hydrogen-bond acceptors (Lipinski definition) is 7. The summed E-state index contributed by atoms with van der Waals surface area (Å²) in [6.07, 6.45) is 0. The number of nitro benzene ring substituents is 1. The van der Waals surface area contributed by atoms with E-state index in [2.05, 4.69) is 0 Å². The van der Waals surface area contributed by atoms with Gasteiger partial charge in [0.2, 0.25) is 0 Å². The molecule has 0 saturated heterocycles. The summed E-state index contributed by atoms with van der Waals surface area (Å²) in [5.41, 5.74) is -0.393. The third-order valence-electron chi connectivity index (χ3n) is 3.60. The normalized spacial score (nSPS) is 12.0. The molecule has 0 heterocycles. The van der Waals surface area contributed by atoms with E-state index in [1.807, 2.05) is 0 Å². The lowest BCUT2D eigenvalue weighted by Crippen LogP contribution is -2.10. The minimum atomic E-state index is -4.36. The Hall–Kier alpha value is -3.02. The van der Waals surface area contributed by atoms with Crippen molar-refractivity contribution in [3.05, 3.63) is 70.8 Å². The van der Waals surface area contributed by atoms with Crippen LogP contribution in [0.25, 0.3) is 10.8 Å². The lowest BCUT2D eigenvalue weighted by Gasteiger charge is -2.08. The first-order valence-corrected chi connectivity index (χ1v) is 10.1. The molecule has 0 spiro atoms. The van der Waals surface area contributed by atoms with Crippen molar-refractivity contribution in [2.24, 2.45) is 0 Å². The van der Waals surface area contributed by atoms with Gasteiger partial charge in [-0.1, -0.05) is 18.2 Å². The van der Waals surface area contributed by atoms with E-state index in [1.165, 1.54) is 42.5 Å². The number of benzene rings is 3. The van der Waals surface area contributed by atoms with E-state index >= 15 is 0 Å². The van der Waals surface area contributed by atoms with Crippen molar-refractivity contribution in [1.29, 1.82) is 0 Å². The molecule has 27 heavy (non-hydrogen) atoms. The molecule has 0 atom stereocenters. The van der Waals surface area contributed by atoms with Crippen LogP contribution in [-0.2, 0) is 20.2 Å². The molecule has 0 saturated carbocycles. The molecule has 0 unspecified atom stereocenters. The Morgan fingerprint density at radius 2 is 1.52 bits per heavy atom. The average molecular weight is 409 g/mol. The van der Waals surface area contributed by atoms with E-state index in [4.69, 9.17) is 8.74 Å². The average Bonchev–Trinajstić information content (AvgIpc) is 2.60. The third kappa shape index (κ3) is 4.05. The van der Waals surface area contributed by atoms with Gasteiger partial charge in [-0.25, -0.2) is 0 Å². The highest BCUT2D eigenvalue weighted by atomic mass is 32.2. The minimum Gasteiger partial charge on any atom is -0.379 e. The van der Waals surface area contributed by atoms with Crippen molar-refractivity contribution in [2.45, 2.75) is 9.79 Å². The van der Waals surface area contributed by atoms with Gasteiger partial charge in [-0.05, 0) is 41.1 Å². The van der Waals surface area contributed by atoms with Gasteiger partial charge in [0.05, 0.1) is 9.82 Å². The standard InChI is InChI=1S/C16H11NO8S2/c18-17(19)13-2-1-3-16(10-13)27(23,24)25-14-6-4-12-9-15(26(20,21)22)7-5-11(12)8-14/h1-10H,(H,20,21,22). The first-order valence-electron chi connectivity index (χ1n) is 7.26. The van der Waals surface area contributed by atoms with Crippen LogP contribution >= 0.6 is 0 Å². The second-order valence-corrected chi connectivity index (χ2v) is 8.41. The van der Waals surface area contributed by atoms with E-state index in [9.17, 15) is 26.9 Å². The number of rotatable bonds is 5. The van der Waals surface area contributed by atoms with Crippen LogP contribution in [-0.4, -0.2) is 26.3 Å². The van der Waals surface area contributed by atoms with Crippen molar-refractivity contribution in [3.63, 3.8) is 0 Å². The zero-order valence-corrected chi connectivity index (χ0v) is 15.0. The molecule has 3 aromatic carbocycles. The lowest BCUT2D eigenvalue weighted by atomic mass is 10.1. The van der Waals surface area contributed by atoms with Crippen LogP contribution in [0, 0.1) is 10.1 Å². The summed E-state index contributed by atoms with van der Waals surface area (Å²) in [7, 11) is -8.67. The summed E-state index contributed by atoms with van der Waals surface area (Å²) in [6, 6.07) is 12.3. The molecule has 3 rings (SSSR count). The van der Waals surface area contributed by atoms with Gasteiger partial charge >= 0.3 is 10.1 Å². The fourth-order valence-corrected chi connectivity index (χ4v) is 3.82. The largest absolute Gasteiger partial charge is 0.379 e. The first-order chi connectivity index (χ1) is 12.6. The molecule has 0 aromatic heterocycles. The smallest absolute Gasteiger partial charge is 0.339 e.